The summed E-state index contributed by atoms with van der Waals surface area (Å²) in [5.74, 6) is 1.85. The van der Waals surface area contributed by atoms with Gasteiger partial charge in [-0.1, -0.05) is 176 Å². The van der Waals surface area contributed by atoms with Crippen LogP contribution in [0.15, 0.2) is 261 Å². The van der Waals surface area contributed by atoms with Crippen molar-refractivity contribution in [1.29, 1.82) is 0 Å². The number of para-hydroxylation sites is 6. The maximum Gasteiger partial charge on any atom is 0.166 e. The van der Waals surface area contributed by atoms with Gasteiger partial charge in [-0.25, -0.2) is 15.0 Å². The van der Waals surface area contributed by atoms with E-state index in [1.165, 1.54) is 43.4 Å². The van der Waals surface area contributed by atoms with Crippen LogP contribution in [0.3, 0.4) is 0 Å². The first kappa shape index (κ1) is 42.2. The monoisotopic (exact) mass is 969 g/mol. The van der Waals surface area contributed by atoms with Gasteiger partial charge in [-0.15, -0.1) is 0 Å². The van der Waals surface area contributed by atoms with Gasteiger partial charge in [0.15, 0.2) is 17.5 Å². The molecule has 0 unspecified atom stereocenters. The molecule has 76 heavy (non-hydrogen) atoms. The van der Waals surface area contributed by atoms with Gasteiger partial charge in [0.25, 0.3) is 0 Å². The van der Waals surface area contributed by atoms with Crippen LogP contribution in [-0.4, -0.2) is 33.2 Å². The molecule has 0 bridgehead atoms. The molecule has 0 aliphatic heterocycles. The van der Waals surface area contributed by atoms with Gasteiger partial charge < -0.3 is 18.3 Å². The Hall–Kier alpha value is -10.4. The molecule has 0 spiro atoms. The minimum atomic E-state index is 0.606. The van der Waals surface area contributed by atoms with Gasteiger partial charge in [-0.2, -0.15) is 0 Å². The molecule has 0 fully saturated rings. The molecular weight excluding hydrogens is 927 g/mol. The van der Waals surface area contributed by atoms with E-state index in [0.717, 1.165) is 83.3 Å². The second-order valence-corrected chi connectivity index (χ2v) is 19.5. The van der Waals surface area contributed by atoms with E-state index in [2.05, 4.69) is 243 Å². The predicted octanol–water partition coefficient (Wildman–Crippen LogP) is 17.3. The van der Waals surface area contributed by atoms with E-state index in [1.54, 1.807) is 0 Å². The highest BCUT2D eigenvalue weighted by Crippen LogP contribution is 2.47. The van der Waals surface area contributed by atoms with Gasteiger partial charge in [0.2, 0.25) is 0 Å². The molecule has 0 radical (unpaired) electrons. The van der Waals surface area contributed by atoms with Crippen LogP contribution in [0.5, 0.6) is 0 Å². The number of benzene rings is 11. The molecule has 0 saturated carbocycles. The van der Waals surface area contributed by atoms with E-state index >= 15 is 0 Å². The summed E-state index contributed by atoms with van der Waals surface area (Å²) < 4.78 is 9.82. The third-order valence-corrected chi connectivity index (χ3v) is 15.4. The summed E-state index contributed by atoms with van der Waals surface area (Å²) >= 11 is 0. The van der Waals surface area contributed by atoms with Crippen molar-refractivity contribution in [2.24, 2.45) is 0 Å². The van der Waals surface area contributed by atoms with Crippen LogP contribution >= 0.6 is 0 Å². The quantitative estimate of drug-likeness (QED) is 0.160. The molecule has 0 aliphatic carbocycles. The zero-order chi connectivity index (χ0) is 49.8. The van der Waals surface area contributed by atoms with Crippen LogP contribution in [0, 0.1) is 0 Å². The van der Waals surface area contributed by atoms with Crippen molar-refractivity contribution in [2.45, 2.75) is 0 Å². The van der Waals surface area contributed by atoms with Crippen LogP contribution in [0.4, 0.5) is 0 Å². The molecule has 0 aliphatic rings. The van der Waals surface area contributed by atoms with Gasteiger partial charge in [0.1, 0.15) is 0 Å². The molecule has 5 heterocycles. The lowest BCUT2D eigenvalue weighted by atomic mass is 10.0. The van der Waals surface area contributed by atoms with Gasteiger partial charge >= 0.3 is 0 Å². The summed E-state index contributed by atoms with van der Waals surface area (Å²) in [4.78, 5) is 15.7. The summed E-state index contributed by atoms with van der Waals surface area (Å²) in [6.07, 6.45) is 0. The second-order valence-electron chi connectivity index (χ2n) is 19.5. The van der Waals surface area contributed by atoms with Crippen LogP contribution in [-0.2, 0) is 0 Å². The molecule has 7 heteroatoms. The Bertz CT molecular complexity index is 4900. The van der Waals surface area contributed by atoms with Crippen molar-refractivity contribution >= 4 is 87.2 Å². The largest absolute Gasteiger partial charge is 0.309 e. The Morgan fingerprint density at radius 3 is 1.17 bits per heavy atom. The molecule has 5 aromatic heterocycles. The van der Waals surface area contributed by atoms with Crippen molar-refractivity contribution in [2.75, 3.05) is 0 Å². The van der Waals surface area contributed by atoms with E-state index in [9.17, 15) is 0 Å². The Balaban J connectivity index is 1.04. The summed E-state index contributed by atoms with van der Waals surface area (Å²) in [7, 11) is 0. The second kappa shape index (κ2) is 16.6. The van der Waals surface area contributed by atoms with E-state index < -0.39 is 0 Å². The molecule has 0 N–H and O–H groups in total. The van der Waals surface area contributed by atoms with Crippen molar-refractivity contribution in [3.63, 3.8) is 0 Å². The lowest BCUT2D eigenvalue weighted by molar-refractivity contribution is 1.07. The van der Waals surface area contributed by atoms with Crippen LogP contribution in [0.1, 0.15) is 0 Å². The fraction of sp³-hybridized carbons (Fsp3) is 0. The van der Waals surface area contributed by atoms with Gasteiger partial charge in [0.05, 0.1) is 44.1 Å². The number of nitrogens with zero attached hydrogens (tertiary/aromatic N) is 7. The molecule has 0 amide bonds. The zero-order valence-corrected chi connectivity index (χ0v) is 41.0. The summed E-state index contributed by atoms with van der Waals surface area (Å²) in [5.41, 5.74) is 16.2. The number of hydrogen-bond acceptors (Lipinski definition) is 3. The van der Waals surface area contributed by atoms with Crippen molar-refractivity contribution < 1.29 is 0 Å². The van der Waals surface area contributed by atoms with Crippen LogP contribution in [0.2, 0.25) is 0 Å². The minimum Gasteiger partial charge on any atom is -0.309 e. The van der Waals surface area contributed by atoms with Crippen molar-refractivity contribution in [1.82, 2.24) is 33.2 Å². The SMILES string of the molecule is c1ccc(-c2nc(-c3ccccc3)nc(-c3cccc4c5c(ccc6c7ccccc7n(-c7ccc8c(c7)c7c(ccc9c%10ccccc%10n(-c%10ccccc%10)c97)n8-c7ccccc7)c65)n(-c5ccccc5)c34)n2)cc1. The maximum atomic E-state index is 5.31. The number of hydrogen-bond donors (Lipinski definition) is 0. The maximum absolute atomic E-state index is 5.31. The fourth-order valence-electron chi connectivity index (χ4n) is 12.2. The summed E-state index contributed by atoms with van der Waals surface area (Å²) in [5, 5.41) is 9.44. The normalized spacial score (nSPS) is 11.9. The van der Waals surface area contributed by atoms with E-state index in [0.29, 0.717) is 17.5 Å². The van der Waals surface area contributed by atoms with Gasteiger partial charge in [0, 0.05) is 82.5 Å². The van der Waals surface area contributed by atoms with Crippen LogP contribution < -0.4 is 0 Å². The smallest absolute Gasteiger partial charge is 0.166 e. The van der Waals surface area contributed by atoms with Gasteiger partial charge in [-0.05, 0) is 84.9 Å². The van der Waals surface area contributed by atoms with E-state index in [-0.39, 0.29) is 0 Å². The first-order valence-corrected chi connectivity index (χ1v) is 25.8. The third-order valence-electron chi connectivity index (χ3n) is 15.4. The number of aromatic nitrogens is 7. The number of fused-ring (bicyclic) bond motifs is 14. The van der Waals surface area contributed by atoms with Crippen LogP contribution in [0.25, 0.3) is 144 Å². The highest BCUT2D eigenvalue weighted by Gasteiger charge is 2.26. The van der Waals surface area contributed by atoms with E-state index in [4.69, 9.17) is 15.0 Å². The Labute approximate surface area is 436 Å². The average molecular weight is 970 g/mol. The highest BCUT2D eigenvalue weighted by atomic mass is 15.1. The van der Waals surface area contributed by atoms with Crippen molar-refractivity contribution in [3.8, 4) is 56.9 Å². The molecule has 16 rings (SSSR count). The molecule has 7 nitrogen and oxygen atoms in total. The first-order chi connectivity index (χ1) is 37.7. The third kappa shape index (κ3) is 6.20. The molecular formula is C69H43N7. The molecule has 0 saturated heterocycles. The topological polar surface area (TPSA) is 58.4 Å². The molecule has 0 atom stereocenters. The van der Waals surface area contributed by atoms with Gasteiger partial charge in [-0.3, -0.25) is 0 Å². The Morgan fingerprint density at radius 1 is 0.224 bits per heavy atom. The average Bonchev–Trinajstić information content (AvgIpc) is 4.43. The minimum absolute atomic E-state index is 0.606. The summed E-state index contributed by atoms with van der Waals surface area (Å²) in [6, 6.07) is 93.4. The lowest BCUT2D eigenvalue weighted by Crippen LogP contribution is -2.02. The lowest BCUT2D eigenvalue weighted by Gasteiger charge is -2.12. The first-order valence-electron chi connectivity index (χ1n) is 25.8. The standard InChI is InChI=1S/C69H43N7/c1-6-21-44(22-7-1)67-70-68(45-23-8-2-9-24-45)72-69(71-67)55-34-20-33-54-62-61(75(64(54)55)48-29-14-5-15-30-48)42-39-52-51-32-17-19-36-58(51)76(65(52)62)49-37-40-59-56(43-49)63-60(73(59)46-25-10-3-11-26-46)41-38-53-50-31-16-18-35-57(50)74(66(53)63)47-27-12-4-13-28-47/h1-43H. The van der Waals surface area contributed by atoms with Crippen molar-refractivity contribution in [3.05, 3.63) is 261 Å². The zero-order valence-electron chi connectivity index (χ0n) is 41.0. The molecule has 11 aromatic carbocycles. The number of rotatable bonds is 7. The Kier molecular flexibility index (Phi) is 9.20. The summed E-state index contributed by atoms with van der Waals surface area (Å²) in [6.45, 7) is 0. The highest BCUT2D eigenvalue weighted by molar-refractivity contribution is 6.29. The van der Waals surface area contributed by atoms with E-state index in [1.807, 2.05) is 36.4 Å². The Morgan fingerprint density at radius 2 is 0.618 bits per heavy atom. The molecule has 16 aromatic rings. The predicted molar refractivity (Wildman–Crippen MR) is 313 cm³/mol. The fourth-order valence-corrected chi connectivity index (χ4v) is 12.2. The molecule has 354 valence electrons.